The fourth-order valence-electron chi connectivity index (χ4n) is 2.22. The standard InChI is InChI=1S/C15H13ClFNO2/c1-19-13-6-5-9(7-11(13)17)14-8-18-12-4-2-3-10(16)15(12)20-14/h2-7,14,18H,8H2,1H3. The van der Waals surface area contributed by atoms with Crippen molar-refractivity contribution in [3.05, 3.63) is 52.8 Å². The number of halogens is 2. The quantitative estimate of drug-likeness (QED) is 0.907. The van der Waals surface area contributed by atoms with E-state index in [9.17, 15) is 4.39 Å². The molecule has 0 amide bonds. The van der Waals surface area contributed by atoms with Crippen LogP contribution in [0.5, 0.6) is 11.5 Å². The third-order valence-electron chi connectivity index (χ3n) is 3.25. The van der Waals surface area contributed by atoms with Gasteiger partial charge in [0.25, 0.3) is 0 Å². The van der Waals surface area contributed by atoms with Crippen molar-refractivity contribution in [2.75, 3.05) is 19.0 Å². The zero-order valence-electron chi connectivity index (χ0n) is 10.8. The van der Waals surface area contributed by atoms with Crippen LogP contribution in [0.25, 0.3) is 0 Å². The molecule has 0 aliphatic carbocycles. The molecule has 0 bridgehead atoms. The number of para-hydroxylation sites is 1. The van der Waals surface area contributed by atoms with Crippen molar-refractivity contribution in [1.82, 2.24) is 0 Å². The fraction of sp³-hybridized carbons (Fsp3) is 0.200. The van der Waals surface area contributed by atoms with E-state index in [0.29, 0.717) is 17.3 Å². The molecule has 3 nitrogen and oxygen atoms in total. The van der Waals surface area contributed by atoms with E-state index < -0.39 is 5.82 Å². The molecule has 0 aromatic heterocycles. The predicted molar refractivity (Wildman–Crippen MR) is 76.3 cm³/mol. The number of hydrogen-bond donors (Lipinski definition) is 1. The summed E-state index contributed by atoms with van der Waals surface area (Å²) in [6.45, 7) is 0.555. The maximum Gasteiger partial charge on any atom is 0.165 e. The molecule has 1 unspecified atom stereocenters. The number of hydrogen-bond acceptors (Lipinski definition) is 3. The Morgan fingerprint density at radius 3 is 2.95 bits per heavy atom. The number of ether oxygens (including phenoxy) is 2. The Kier molecular flexibility index (Phi) is 3.40. The second-order valence-electron chi connectivity index (χ2n) is 4.50. The highest BCUT2D eigenvalue weighted by atomic mass is 35.5. The summed E-state index contributed by atoms with van der Waals surface area (Å²) < 4.78 is 24.5. The van der Waals surface area contributed by atoms with Crippen molar-refractivity contribution in [1.29, 1.82) is 0 Å². The van der Waals surface area contributed by atoms with Crippen LogP contribution in [0.3, 0.4) is 0 Å². The minimum atomic E-state index is -0.404. The first-order valence-electron chi connectivity index (χ1n) is 6.21. The third kappa shape index (κ3) is 2.27. The van der Waals surface area contributed by atoms with Crippen LogP contribution in [0.4, 0.5) is 10.1 Å². The molecule has 1 N–H and O–H groups in total. The summed E-state index contributed by atoms with van der Waals surface area (Å²) in [5, 5.41) is 3.77. The van der Waals surface area contributed by atoms with Gasteiger partial charge in [0.1, 0.15) is 6.10 Å². The first-order valence-corrected chi connectivity index (χ1v) is 6.59. The minimum absolute atomic E-state index is 0.218. The summed E-state index contributed by atoms with van der Waals surface area (Å²) in [6.07, 6.45) is -0.289. The topological polar surface area (TPSA) is 30.5 Å². The average molecular weight is 294 g/mol. The number of methoxy groups -OCH3 is 1. The summed E-state index contributed by atoms with van der Waals surface area (Å²) in [7, 11) is 1.44. The van der Waals surface area contributed by atoms with Gasteiger partial charge < -0.3 is 14.8 Å². The van der Waals surface area contributed by atoms with Crippen molar-refractivity contribution in [3.8, 4) is 11.5 Å². The Balaban J connectivity index is 1.90. The molecule has 2 aromatic rings. The largest absolute Gasteiger partial charge is 0.494 e. The lowest BCUT2D eigenvalue weighted by Crippen LogP contribution is -2.23. The molecule has 1 aliphatic rings. The van der Waals surface area contributed by atoms with Crippen LogP contribution in [-0.2, 0) is 0 Å². The van der Waals surface area contributed by atoms with Gasteiger partial charge in [-0.1, -0.05) is 23.7 Å². The summed E-state index contributed by atoms with van der Waals surface area (Å²) in [6, 6.07) is 10.3. The molecular weight excluding hydrogens is 281 g/mol. The monoisotopic (exact) mass is 293 g/mol. The number of benzene rings is 2. The van der Waals surface area contributed by atoms with Crippen LogP contribution in [0, 0.1) is 5.82 Å². The highest BCUT2D eigenvalue weighted by Gasteiger charge is 2.23. The van der Waals surface area contributed by atoms with Gasteiger partial charge in [-0.05, 0) is 29.8 Å². The van der Waals surface area contributed by atoms with Crippen LogP contribution in [0.1, 0.15) is 11.7 Å². The van der Waals surface area contributed by atoms with Gasteiger partial charge >= 0.3 is 0 Å². The Bertz CT molecular complexity index is 648. The Hall–Kier alpha value is -1.94. The van der Waals surface area contributed by atoms with E-state index in [1.807, 2.05) is 12.1 Å². The molecule has 0 radical (unpaired) electrons. The number of nitrogens with one attached hydrogen (secondary N) is 1. The normalized spacial score (nSPS) is 16.9. The molecular formula is C15H13ClFNO2. The van der Waals surface area contributed by atoms with E-state index in [1.54, 1.807) is 18.2 Å². The molecule has 104 valence electrons. The van der Waals surface area contributed by atoms with Gasteiger partial charge in [-0.3, -0.25) is 0 Å². The van der Waals surface area contributed by atoms with Crippen molar-refractivity contribution in [2.24, 2.45) is 0 Å². The van der Waals surface area contributed by atoms with E-state index >= 15 is 0 Å². The van der Waals surface area contributed by atoms with Gasteiger partial charge in [0, 0.05) is 0 Å². The molecule has 0 fully saturated rings. The number of fused-ring (bicyclic) bond motifs is 1. The first kappa shape index (κ1) is 13.1. The first-order chi connectivity index (χ1) is 9.69. The van der Waals surface area contributed by atoms with E-state index in [0.717, 1.165) is 11.3 Å². The van der Waals surface area contributed by atoms with Gasteiger partial charge in [0.2, 0.25) is 0 Å². The van der Waals surface area contributed by atoms with Crippen LogP contribution in [-0.4, -0.2) is 13.7 Å². The lowest BCUT2D eigenvalue weighted by atomic mass is 10.1. The highest BCUT2D eigenvalue weighted by Crippen LogP contribution is 2.39. The van der Waals surface area contributed by atoms with E-state index in [-0.39, 0.29) is 11.9 Å². The van der Waals surface area contributed by atoms with E-state index in [2.05, 4.69) is 5.32 Å². The van der Waals surface area contributed by atoms with Gasteiger partial charge in [-0.2, -0.15) is 0 Å². The maximum absolute atomic E-state index is 13.8. The van der Waals surface area contributed by atoms with E-state index in [4.69, 9.17) is 21.1 Å². The summed E-state index contributed by atoms with van der Waals surface area (Å²) in [5.41, 5.74) is 1.59. The SMILES string of the molecule is COc1ccc(C2CNc3cccc(Cl)c3O2)cc1F. The number of rotatable bonds is 2. The second kappa shape index (κ2) is 5.21. The van der Waals surface area contributed by atoms with Crippen molar-refractivity contribution >= 4 is 17.3 Å². The summed E-state index contributed by atoms with van der Waals surface area (Å²) in [5.74, 6) is 0.413. The van der Waals surface area contributed by atoms with Gasteiger partial charge in [0.15, 0.2) is 17.3 Å². The van der Waals surface area contributed by atoms with Gasteiger partial charge in [-0.15, -0.1) is 0 Å². The lowest BCUT2D eigenvalue weighted by molar-refractivity contribution is 0.210. The molecule has 20 heavy (non-hydrogen) atoms. The predicted octanol–water partition coefficient (Wildman–Crippen LogP) is 4.03. The van der Waals surface area contributed by atoms with Gasteiger partial charge in [-0.25, -0.2) is 4.39 Å². The Morgan fingerprint density at radius 2 is 2.20 bits per heavy atom. The third-order valence-corrected chi connectivity index (χ3v) is 3.55. The van der Waals surface area contributed by atoms with Crippen molar-refractivity contribution in [3.63, 3.8) is 0 Å². The summed E-state index contributed by atoms with van der Waals surface area (Å²) >= 11 is 6.11. The van der Waals surface area contributed by atoms with Crippen molar-refractivity contribution in [2.45, 2.75) is 6.10 Å². The zero-order valence-corrected chi connectivity index (χ0v) is 11.6. The summed E-state index contributed by atoms with van der Waals surface area (Å²) in [4.78, 5) is 0. The zero-order chi connectivity index (χ0) is 14.1. The number of anilines is 1. The van der Waals surface area contributed by atoms with Crippen molar-refractivity contribution < 1.29 is 13.9 Å². The molecule has 0 saturated heterocycles. The molecule has 0 spiro atoms. The lowest BCUT2D eigenvalue weighted by Gasteiger charge is -2.28. The van der Waals surface area contributed by atoms with Crippen LogP contribution < -0.4 is 14.8 Å². The molecule has 1 heterocycles. The molecule has 0 saturated carbocycles. The Labute approximate surface area is 121 Å². The second-order valence-corrected chi connectivity index (χ2v) is 4.91. The van der Waals surface area contributed by atoms with Crippen LogP contribution >= 0.6 is 11.6 Å². The van der Waals surface area contributed by atoms with Crippen LogP contribution in [0.15, 0.2) is 36.4 Å². The highest BCUT2D eigenvalue weighted by molar-refractivity contribution is 6.32. The average Bonchev–Trinajstić information content (AvgIpc) is 2.47. The van der Waals surface area contributed by atoms with Gasteiger partial charge in [0.05, 0.1) is 24.4 Å². The molecule has 3 rings (SSSR count). The molecule has 5 heteroatoms. The smallest absolute Gasteiger partial charge is 0.165 e. The minimum Gasteiger partial charge on any atom is -0.494 e. The molecule has 1 aliphatic heterocycles. The van der Waals surface area contributed by atoms with E-state index in [1.165, 1.54) is 13.2 Å². The fourth-order valence-corrected chi connectivity index (χ4v) is 2.44. The molecule has 2 aromatic carbocycles. The molecule has 1 atom stereocenters. The Morgan fingerprint density at radius 1 is 1.35 bits per heavy atom. The van der Waals surface area contributed by atoms with Crippen LogP contribution in [0.2, 0.25) is 5.02 Å². The maximum atomic E-state index is 13.8.